The number of aromatic hydroxyl groups is 2. The largest absolute Gasteiger partial charge is 0.508 e. The monoisotopic (exact) mass is 352 g/mol. The molecule has 0 fully saturated rings. The Morgan fingerprint density at radius 2 is 1.54 bits per heavy atom. The van der Waals surface area contributed by atoms with Crippen molar-refractivity contribution < 1.29 is 10.2 Å². The Kier molecular flexibility index (Phi) is 4.81. The molecular formula is C24H32O2. The van der Waals surface area contributed by atoms with E-state index in [1.54, 1.807) is 0 Å². The van der Waals surface area contributed by atoms with Gasteiger partial charge in [-0.3, -0.25) is 0 Å². The van der Waals surface area contributed by atoms with E-state index in [9.17, 15) is 10.2 Å². The molecule has 1 aliphatic rings. The SMILES string of the molecule is CCCc1cc(C2(C)CC(C)(C)c3ccc(O)c(CCC)c32)ccc1O. The van der Waals surface area contributed by atoms with E-state index < -0.39 is 0 Å². The molecule has 0 saturated heterocycles. The molecule has 2 aromatic rings. The zero-order valence-corrected chi connectivity index (χ0v) is 16.8. The quantitative estimate of drug-likeness (QED) is 0.694. The zero-order chi connectivity index (χ0) is 19.1. The summed E-state index contributed by atoms with van der Waals surface area (Å²) in [6.45, 7) is 11.2. The predicted molar refractivity (Wildman–Crippen MR) is 108 cm³/mol. The first-order valence-electron chi connectivity index (χ1n) is 9.92. The normalized spacial score (nSPS) is 21.0. The number of aryl methyl sites for hydroxylation is 1. The Bertz CT molecular complexity index is 819. The summed E-state index contributed by atoms with van der Waals surface area (Å²) >= 11 is 0. The second kappa shape index (κ2) is 6.64. The molecule has 0 bridgehead atoms. The van der Waals surface area contributed by atoms with Crippen LogP contribution in [0.3, 0.4) is 0 Å². The van der Waals surface area contributed by atoms with Crippen LogP contribution >= 0.6 is 0 Å². The van der Waals surface area contributed by atoms with Crippen molar-refractivity contribution in [2.75, 3.05) is 0 Å². The van der Waals surface area contributed by atoms with Crippen molar-refractivity contribution in [3.05, 3.63) is 58.1 Å². The number of phenols is 2. The third kappa shape index (κ3) is 2.90. The number of fused-ring (bicyclic) bond motifs is 1. The van der Waals surface area contributed by atoms with Crippen molar-refractivity contribution in [3.63, 3.8) is 0 Å². The number of hydrogen-bond acceptors (Lipinski definition) is 2. The van der Waals surface area contributed by atoms with Crippen molar-refractivity contribution >= 4 is 0 Å². The molecule has 1 atom stereocenters. The average molecular weight is 353 g/mol. The minimum absolute atomic E-state index is 0.0586. The van der Waals surface area contributed by atoms with Crippen molar-refractivity contribution in [2.45, 2.75) is 77.6 Å². The Morgan fingerprint density at radius 1 is 0.885 bits per heavy atom. The summed E-state index contributed by atoms with van der Waals surface area (Å²) in [5.41, 5.74) is 5.93. The van der Waals surface area contributed by atoms with Gasteiger partial charge in [-0.1, -0.05) is 65.7 Å². The number of phenolic OH excluding ortho intramolecular Hbond substituents is 2. The van der Waals surface area contributed by atoms with Gasteiger partial charge in [-0.15, -0.1) is 0 Å². The van der Waals surface area contributed by atoms with Gasteiger partial charge in [0.05, 0.1) is 0 Å². The number of hydrogen-bond donors (Lipinski definition) is 2. The summed E-state index contributed by atoms with van der Waals surface area (Å²) < 4.78 is 0. The van der Waals surface area contributed by atoms with Gasteiger partial charge in [0.25, 0.3) is 0 Å². The minimum atomic E-state index is -0.154. The molecule has 0 aromatic heterocycles. The summed E-state index contributed by atoms with van der Waals surface area (Å²) in [5.74, 6) is 0.809. The van der Waals surface area contributed by atoms with E-state index in [4.69, 9.17) is 0 Å². The Balaban J connectivity index is 2.25. The summed E-state index contributed by atoms with van der Waals surface area (Å²) in [6, 6.07) is 10.1. The van der Waals surface area contributed by atoms with Crippen molar-refractivity contribution in [1.82, 2.24) is 0 Å². The standard InChI is InChI=1S/C24H32O2/c1-6-8-16-14-17(10-12-20(16)25)24(5)15-23(3,4)19-11-13-21(26)18(9-7-2)22(19)24/h10-14,25-26H,6-9,15H2,1-5H3. The van der Waals surface area contributed by atoms with Crippen molar-refractivity contribution in [1.29, 1.82) is 0 Å². The van der Waals surface area contributed by atoms with Crippen LogP contribution in [0.4, 0.5) is 0 Å². The highest BCUT2D eigenvalue weighted by Gasteiger charge is 2.47. The van der Waals surface area contributed by atoms with E-state index in [-0.39, 0.29) is 10.8 Å². The van der Waals surface area contributed by atoms with Crippen LogP contribution in [0, 0.1) is 0 Å². The van der Waals surface area contributed by atoms with Crippen molar-refractivity contribution in [2.24, 2.45) is 0 Å². The molecule has 0 radical (unpaired) electrons. The molecule has 0 spiro atoms. The fourth-order valence-corrected chi connectivity index (χ4v) is 5.05. The fourth-order valence-electron chi connectivity index (χ4n) is 5.05. The Labute approximate surface area is 157 Å². The second-order valence-corrected chi connectivity index (χ2v) is 8.72. The average Bonchev–Trinajstić information content (AvgIpc) is 2.79. The second-order valence-electron chi connectivity index (χ2n) is 8.72. The molecule has 2 aromatic carbocycles. The highest BCUT2D eigenvalue weighted by molar-refractivity contribution is 5.59. The van der Waals surface area contributed by atoms with Crippen LogP contribution in [0.5, 0.6) is 11.5 Å². The first kappa shape index (κ1) is 18.8. The fraction of sp³-hybridized carbons (Fsp3) is 0.500. The van der Waals surface area contributed by atoms with E-state index in [0.29, 0.717) is 11.5 Å². The molecule has 3 rings (SSSR count). The molecule has 26 heavy (non-hydrogen) atoms. The van der Waals surface area contributed by atoms with E-state index in [2.05, 4.69) is 52.8 Å². The zero-order valence-electron chi connectivity index (χ0n) is 16.8. The third-order valence-electron chi connectivity index (χ3n) is 6.10. The van der Waals surface area contributed by atoms with Crippen LogP contribution < -0.4 is 0 Å². The van der Waals surface area contributed by atoms with Gasteiger partial charge in [-0.25, -0.2) is 0 Å². The smallest absolute Gasteiger partial charge is 0.119 e. The maximum atomic E-state index is 10.6. The highest BCUT2D eigenvalue weighted by Crippen LogP contribution is 2.55. The van der Waals surface area contributed by atoms with Gasteiger partial charge >= 0.3 is 0 Å². The molecule has 2 heteroatoms. The summed E-state index contributed by atoms with van der Waals surface area (Å²) in [4.78, 5) is 0. The summed E-state index contributed by atoms with van der Waals surface area (Å²) in [6.07, 6.45) is 4.80. The van der Waals surface area contributed by atoms with Crippen LogP contribution in [0.2, 0.25) is 0 Å². The van der Waals surface area contributed by atoms with E-state index in [1.807, 2.05) is 12.1 Å². The maximum Gasteiger partial charge on any atom is 0.119 e. The summed E-state index contributed by atoms with van der Waals surface area (Å²) in [5, 5.41) is 20.8. The minimum Gasteiger partial charge on any atom is -0.508 e. The maximum absolute atomic E-state index is 10.6. The van der Waals surface area contributed by atoms with E-state index in [1.165, 1.54) is 16.7 Å². The molecule has 0 aliphatic heterocycles. The molecule has 140 valence electrons. The van der Waals surface area contributed by atoms with Crippen LogP contribution in [0.25, 0.3) is 0 Å². The lowest BCUT2D eigenvalue weighted by molar-refractivity contribution is 0.421. The van der Waals surface area contributed by atoms with Crippen LogP contribution in [0.15, 0.2) is 30.3 Å². The van der Waals surface area contributed by atoms with Crippen LogP contribution in [-0.4, -0.2) is 10.2 Å². The molecule has 0 saturated carbocycles. The molecular weight excluding hydrogens is 320 g/mol. The van der Waals surface area contributed by atoms with E-state index >= 15 is 0 Å². The lowest BCUT2D eigenvalue weighted by Crippen LogP contribution is -2.24. The van der Waals surface area contributed by atoms with Crippen LogP contribution in [0.1, 0.15) is 81.7 Å². The number of benzene rings is 2. The topological polar surface area (TPSA) is 40.5 Å². The van der Waals surface area contributed by atoms with Crippen LogP contribution in [-0.2, 0) is 23.7 Å². The number of rotatable bonds is 5. The van der Waals surface area contributed by atoms with Crippen molar-refractivity contribution in [3.8, 4) is 11.5 Å². The van der Waals surface area contributed by atoms with Gasteiger partial charge in [-0.2, -0.15) is 0 Å². The van der Waals surface area contributed by atoms with Gasteiger partial charge in [0, 0.05) is 5.41 Å². The van der Waals surface area contributed by atoms with Gasteiger partial charge in [-0.05, 0) is 64.6 Å². The first-order valence-corrected chi connectivity index (χ1v) is 9.92. The highest BCUT2D eigenvalue weighted by atomic mass is 16.3. The molecule has 2 nitrogen and oxygen atoms in total. The Hall–Kier alpha value is -1.96. The predicted octanol–water partition coefficient (Wildman–Crippen LogP) is 5.99. The molecule has 0 heterocycles. The lowest BCUT2D eigenvalue weighted by Gasteiger charge is -2.30. The first-order chi connectivity index (χ1) is 12.2. The van der Waals surface area contributed by atoms with E-state index in [0.717, 1.165) is 43.2 Å². The molecule has 0 amide bonds. The molecule has 1 unspecified atom stereocenters. The van der Waals surface area contributed by atoms with Gasteiger partial charge < -0.3 is 10.2 Å². The summed E-state index contributed by atoms with van der Waals surface area (Å²) in [7, 11) is 0. The van der Waals surface area contributed by atoms with Gasteiger partial charge in [0.15, 0.2) is 0 Å². The Morgan fingerprint density at radius 3 is 2.19 bits per heavy atom. The van der Waals surface area contributed by atoms with Gasteiger partial charge in [0.1, 0.15) is 11.5 Å². The molecule has 1 aliphatic carbocycles. The lowest BCUT2D eigenvalue weighted by atomic mass is 9.73. The third-order valence-corrected chi connectivity index (χ3v) is 6.10. The molecule has 2 N–H and O–H groups in total. The van der Waals surface area contributed by atoms with Gasteiger partial charge in [0.2, 0.25) is 0 Å².